The van der Waals surface area contributed by atoms with Crippen molar-refractivity contribution in [1.29, 1.82) is 0 Å². The first kappa shape index (κ1) is 31.9. The monoisotopic (exact) mass is 534 g/mol. The number of hydrogen-bond acceptors (Lipinski definition) is 10. The number of carbonyl (C=O) groups excluding carboxylic acids is 2. The lowest BCUT2D eigenvalue weighted by atomic mass is 10.1. The van der Waals surface area contributed by atoms with Crippen molar-refractivity contribution >= 4 is 22.1 Å². The standard InChI is InChI=1S/C24H38O11S/c1-3-5-9-30-11-13-32-15-17-34-23(25)21-8-7-20(36(27,28)29)19-22(21)24(26)35-18-16-33-14-12-31-10-6-4-2/h7-8,19H,3-6,9-18H2,1-2H3,(H,27,28,29). The van der Waals surface area contributed by atoms with Crippen LogP contribution in [0.2, 0.25) is 0 Å². The van der Waals surface area contributed by atoms with E-state index in [1.54, 1.807) is 0 Å². The second-order valence-corrected chi connectivity index (χ2v) is 9.03. The van der Waals surface area contributed by atoms with Crippen molar-refractivity contribution < 1.29 is 51.0 Å². The average Bonchev–Trinajstić information content (AvgIpc) is 2.85. The second-order valence-electron chi connectivity index (χ2n) is 7.61. The lowest BCUT2D eigenvalue weighted by Gasteiger charge is -2.12. The van der Waals surface area contributed by atoms with Gasteiger partial charge in [0, 0.05) is 13.2 Å². The minimum absolute atomic E-state index is 0.0835. The van der Waals surface area contributed by atoms with Crippen LogP contribution in [0.15, 0.2) is 23.1 Å². The highest BCUT2D eigenvalue weighted by molar-refractivity contribution is 7.85. The van der Waals surface area contributed by atoms with Gasteiger partial charge in [-0.3, -0.25) is 4.55 Å². The highest BCUT2D eigenvalue weighted by Gasteiger charge is 2.23. The lowest BCUT2D eigenvalue weighted by Crippen LogP contribution is -2.19. The van der Waals surface area contributed by atoms with Crippen LogP contribution in [0.25, 0.3) is 0 Å². The number of unbranched alkanes of at least 4 members (excludes halogenated alkanes) is 2. The molecule has 0 fully saturated rings. The molecule has 1 N–H and O–H groups in total. The highest BCUT2D eigenvalue weighted by Crippen LogP contribution is 2.18. The highest BCUT2D eigenvalue weighted by atomic mass is 32.2. The lowest BCUT2D eigenvalue weighted by molar-refractivity contribution is 0.0120. The molecule has 36 heavy (non-hydrogen) atoms. The summed E-state index contributed by atoms with van der Waals surface area (Å²) >= 11 is 0. The van der Waals surface area contributed by atoms with Crippen LogP contribution < -0.4 is 0 Å². The molecule has 11 nitrogen and oxygen atoms in total. The summed E-state index contributed by atoms with van der Waals surface area (Å²) in [6, 6.07) is 2.93. The molecule has 0 spiro atoms. The fourth-order valence-electron chi connectivity index (χ4n) is 2.71. The summed E-state index contributed by atoms with van der Waals surface area (Å²) in [5, 5.41) is 0. The molecule has 0 aliphatic rings. The molecule has 0 saturated heterocycles. The van der Waals surface area contributed by atoms with Crippen molar-refractivity contribution in [1.82, 2.24) is 0 Å². The first-order chi connectivity index (χ1) is 17.3. The Bertz CT molecular complexity index is 871. The fourth-order valence-corrected chi connectivity index (χ4v) is 3.22. The van der Waals surface area contributed by atoms with Gasteiger partial charge in [0.2, 0.25) is 0 Å². The Kier molecular flexibility index (Phi) is 16.9. The van der Waals surface area contributed by atoms with E-state index < -0.39 is 27.0 Å². The largest absolute Gasteiger partial charge is 0.460 e. The summed E-state index contributed by atoms with van der Waals surface area (Å²) < 4.78 is 63.9. The Labute approximate surface area is 213 Å². The molecule has 0 amide bonds. The van der Waals surface area contributed by atoms with Gasteiger partial charge in [-0.25, -0.2) is 9.59 Å². The summed E-state index contributed by atoms with van der Waals surface area (Å²) in [6.07, 6.45) is 4.01. The van der Waals surface area contributed by atoms with E-state index in [1.165, 1.54) is 0 Å². The van der Waals surface area contributed by atoms with Gasteiger partial charge in [-0.2, -0.15) is 8.42 Å². The number of benzene rings is 1. The van der Waals surface area contributed by atoms with Crippen molar-refractivity contribution in [2.75, 3.05) is 66.1 Å². The molecule has 0 radical (unpaired) electrons. The summed E-state index contributed by atoms with van der Waals surface area (Å²) in [7, 11) is -4.61. The number of carbonyl (C=O) groups is 2. The molecule has 206 valence electrons. The zero-order valence-electron chi connectivity index (χ0n) is 21.1. The molecule has 0 unspecified atom stereocenters. The second kappa shape index (κ2) is 19.1. The fraction of sp³-hybridized carbons (Fsp3) is 0.667. The molecule has 0 aliphatic carbocycles. The molecule has 0 aliphatic heterocycles. The molecule has 1 aromatic carbocycles. The molecule has 12 heteroatoms. The topological polar surface area (TPSA) is 144 Å². The van der Waals surface area contributed by atoms with E-state index in [0.717, 1.165) is 43.9 Å². The van der Waals surface area contributed by atoms with Gasteiger partial charge in [0.15, 0.2) is 0 Å². The van der Waals surface area contributed by atoms with E-state index >= 15 is 0 Å². The number of rotatable bonds is 21. The number of ether oxygens (including phenoxy) is 6. The molecule has 0 saturated carbocycles. The third-order valence-electron chi connectivity index (χ3n) is 4.68. The smallest absolute Gasteiger partial charge is 0.339 e. The summed E-state index contributed by atoms with van der Waals surface area (Å²) in [4.78, 5) is 24.5. The van der Waals surface area contributed by atoms with Crippen molar-refractivity contribution in [3.8, 4) is 0 Å². The van der Waals surface area contributed by atoms with Gasteiger partial charge in [-0.1, -0.05) is 26.7 Å². The molecular formula is C24H38O11S. The number of hydrogen-bond donors (Lipinski definition) is 1. The Morgan fingerprint density at radius 2 is 1.08 bits per heavy atom. The molecular weight excluding hydrogens is 496 g/mol. The van der Waals surface area contributed by atoms with Crippen LogP contribution in [0.5, 0.6) is 0 Å². The van der Waals surface area contributed by atoms with E-state index in [1.807, 2.05) is 0 Å². The van der Waals surface area contributed by atoms with E-state index in [-0.39, 0.29) is 37.6 Å². The quantitative estimate of drug-likeness (QED) is 0.141. The molecule has 1 rings (SSSR count). The van der Waals surface area contributed by atoms with Gasteiger partial charge in [0.1, 0.15) is 13.2 Å². The van der Waals surface area contributed by atoms with E-state index in [2.05, 4.69) is 13.8 Å². The first-order valence-electron chi connectivity index (χ1n) is 12.1. The van der Waals surface area contributed by atoms with Crippen LogP contribution in [0.4, 0.5) is 0 Å². The maximum Gasteiger partial charge on any atom is 0.339 e. The number of esters is 2. The van der Waals surface area contributed by atoms with Crippen LogP contribution in [0.1, 0.15) is 60.2 Å². The summed E-state index contributed by atoms with van der Waals surface area (Å²) in [6.45, 7) is 6.92. The third kappa shape index (κ3) is 13.9. The van der Waals surface area contributed by atoms with Gasteiger partial charge in [0.25, 0.3) is 10.1 Å². The molecule has 0 bridgehead atoms. The normalized spacial score (nSPS) is 11.4. The molecule has 1 aromatic rings. The SMILES string of the molecule is CCCCOCCOCCOC(=O)c1ccc(S(=O)(=O)O)cc1C(=O)OCCOCCOCCCC. The predicted octanol–water partition coefficient (Wildman–Crippen LogP) is 2.91. The Balaban J connectivity index is 2.56. The molecule has 0 aromatic heterocycles. The predicted molar refractivity (Wildman–Crippen MR) is 130 cm³/mol. The van der Waals surface area contributed by atoms with E-state index in [9.17, 15) is 22.6 Å². The minimum atomic E-state index is -4.61. The van der Waals surface area contributed by atoms with Crippen LogP contribution in [-0.2, 0) is 38.5 Å². The van der Waals surface area contributed by atoms with Gasteiger partial charge in [0.05, 0.1) is 55.7 Å². The van der Waals surface area contributed by atoms with E-state index in [4.69, 9.17) is 28.4 Å². The van der Waals surface area contributed by atoms with Crippen LogP contribution in [-0.4, -0.2) is 91.0 Å². The third-order valence-corrected chi connectivity index (χ3v) is 5.53. The average molecular weight is 535 g/mol. The maximum absolute atomic E-state index is 12.6. The van der Waals surface area contributed by atoms with Crippen molar-refractivity contribution in [3.63, 3.8) is 0 Å². The Morgan fingerprint density at radius 1 is 0.667 bits per heavy atom. The van der Waals surface area contributed by atoms with Gasteiger partial charge >= 0.3 is 11.9 Å². The Hall–Kier alpha value is -2.09. The van der Waals surface area contributed by atoms with Crippen LogP contribution in [0.3, 0.4) is 0 Å². The van der Waals surface area contributed by atoms with Crippen molar-refractivity contribution in [2.24, 2.45) is 0 Å². The Morgan fingerprint density at radius 3 is 1.53 bits per heavy atom. The molecule has 0 atom stereocenters. The van der Waals surface area contributed by atoms with Crippen LogP contribution in [0, 0.1) is 0 Å². The van der Waals surface area contributed by atoms with Gasteiger partial charge in [-0.15, -0.1) is 0 Å². The first-order valence-corrected chi connectivity index (χ1v) is 13.5. The van der Waals surface area contributed by atoms with Gasteiger partial charge in [-0.05, 0) is 31.0 Å². The van der Waals surface area contributed by atoms with Gasteiger partial charge < -0.3 is 28.4 Å². The minimum Gasteiger partial charge on any atom is -0.460 e. The molecule has 0 heterocycles. The van der Waals surface area contributed by atoms with Crippen molar-refractivity contribution in [3.05, 3.63) is 29.3 Å². The van der Waals surface area contributed by atoms with E-state index in [0.29, 0.717) is 39.6 Å². The summed E-state index contributed by atoms with van der Waals surface area (Å²) in [5.41, 5.74) is -0.566. The zero-order chi connectivity index (χ0) is 26.7. The van der Waals surface area contributed by atoms with Crippen molar-refractivity contribution in [2.45, 2.75) is 44.4 Å². The zero-order valence-corrected chi connectivity index (χ0v) is 21.9. The van der Waals surface area contributed by atoms with Crippen LogP contribution >= 0.6 is 0 Å². The summed E-state index contributed by atoms with van der Waals surface area (Å²) in [5.74, 6) is -1.83. The maximum atomic E-state index is 12.6.